The Morgan fingerprint density at radius 3 is 2.62 bits per heavy atom. The summed E-state index contributed by atoms with van der Waals surface area (Å²) in [4.78, 5) is 20.7. The first-order valence-corrected chi connectivity index (χ1v) is 7.79. The van der Waals surface area contributed by atoms with Gasteiger partial charge in [0, 0.05) is 44.1 Å². The summed E-state index contributed by atoms with van der Waals surface area (Å²) in [5.74, 6) is -0.240. The average molecular weight is 289 g/mol. The summed E-state index contributed by atoms with van der Waals surface area (Å²) in [5, 5.41) is 0. The Kier molecular flexibility index (Phi) is 2.99. The molecule has 1 amide bonds. The number of fused-ring (bicyclic) bond motifs is 2. The van der Waals surface area contributed by atoms with Crippen molar-refractivity contribution in [3.8, 4) is 0 Å². The molecule has 1 saturated carbocycles. The molecule has 3 fully saturated rings. The smallest absolute Gasteiger partial charge is 0.260 e. The molecule has 2 saturated heterocycles. The monoisotopic (exact) mass is 289 g/mol. The van der Waals surface area contributed by atoms with Crippen molar-refractivity contribution < 1.29 is 9.18 Å². The largest absolute Gasteiger partial charge is 0.331 e. The standard InChI is InChI=1S/C16H20FN3O/c17-16(5-6-16)15(21)20-13-3-4-14(20)11-19(10-13)9-12-2-1-7-18-8-12/h1-2,7-8,13-14H,3-6,9-11H2. The summed E-state index contributed by atoms with van der Waals surface area (Å²) in [5.41, 5.74) is -0.326. The van der Waals surface area contributed by atoms with Crippen LogP contribution in [0.2, 0.25) is 0 Å². The normalized spacial score (nSPS) is 30.4. The Bertz CT molecular complexity index is 532. The zero-order chi connectivity index (χ0) is 14.4. The maximum atomic E-state index is 14.1. The third-order valence-corrected chi connectivity index (χ3v) is 4.99. The molecule has 4 nitrogen and oxygen atoms in total. The summed E-state index contributed by atoms with van der Waals surface area (Å²) in [6.07, 6.45) is 6.52. The van der Waals surface area contributed by atoms with Crippen LogP contribution in [0.15, 0.2) is 24.5 Å². The van der Waals surface area contributed by atoms with E-state index in [1.54, 1.807) is 6.20 Å². The van der Waals surface area contributed by atoms with Gasteiger partial charge in [0.1, 0.15) is 0 Å². The summed E-state index contributed by atoms with van der Waals surface area (Å²) in [7, 11) is 0. The van der Waals surface area contributed by atoms with Gasteiger partial charge in [-0.3, -0.25) is 14.7 Å². The summed E-state index contributed by atoms with van der Waals surface area (Å²) in [6.45, 7) is 2.57. The van der Waals surface area contributed by atoms with Crippen LogP contribution < -0.4 is 0 Å². The number of likely N-dealkylation sites (tertiary alicyclic amines) is 1. The van der Waals surface area contributed by atoms with Crippen molar-refractivity contribution in [2.75, 3.05) is 13.1 Å². The molecule has 2 aliphatic heterocycles. The van der Waals surface area contributed by atoms with Gasteiger partial charge in [-0.05, 0) is 37.3 Å². The van der Waals surface area contributed by atoms with Gasteiger partial charge in [0.2, 0.25) is 0 Å². The minimum Gasteiger partial charge on any atom is -0.331 e. The van der Waals surface area contributed by atoms with E-state index in [-0.39, 0.29) is 18.0 Å². The number of aromatic nitrogens is 1. The molecule has 1 aromatic rings. The first kappa shape index (κ1) is 13.2. The third kappa shape index (κ3) is 2.33. The molecule has 3 aliphatic rings. The number of hydrogen-bond donors (Lipinski definition) is 0. The molecule has 2 atom stereocenters. The highest BCUT2D eigenvalue weighted by atomic mass is 19.1. The van der Waals surface area contributed by atoms with Crippen molar-refractivity contribution in [1.29, 1.82) is 0 Å². The highest BCUT2D eigenvalue weighted by molar-refractivity contribution is 5.88. The number of carbonyl (C=O) groups is 1. The van der Waals surface area contributed by atoms with E-state index in [1.807, 2.05) is 17.2 Å². The van der Waals surface area contributed by atoms with Crippen LogP contribution in [0.3, 0.4) is 0 Å². The predicted molar refractivity (Wildman–Crippen MR) is 76.2 cm³/mol. The Labute approximate surface area is 123 Å². The zero-order valence-electron chi connectivity index (χ0n) is 12.0. The second-order valence-electron chi connectivity index (χ2n) is 6.62. The maximum Gasteiger partial charge on any atom is 0.260 e. The highest BCUT2D eigenvalue weighted by Gasteiger charge is 2.56. The summed E-state index contributed by atoms with van der Waals surface area (Å²) in [6, 6.07) is 4.42. The molecule has 0 aromatic carbocycles. The average Bonchev–Trinajstić information content (AvgIpc) is 3.18. The Morgan fingerprint density at radius 1 is 1.33 bits per heavy atom. The number of alkyl halides is 1. The molecule has 5 heteroatoms. The Balaban J connectivity index is 1.45. The van der Waals surface area contributed by atoms with Gasteiger partial charge in [-0.2, -0.15) is 0 Å². The number of piperazine rings is 1. The number of carbonyl (C=O) groups excluding carboxylic acids is 1. The first-order valence-electron chi connectivity index (χ1n) is 7.79. The van der Waals surface area contributed by atoms with Crippen molar-refractivity contribution >= 4 is 5.91 Å². The van der Waals surface area contributed by atoms with E-state index < -0.39 is 5.67 Å². The lowest BCUT2D eigenvalue weighted by Crippen LogP contribution is -2.57. The molecular weight excluding hydrogens is 269 g/mol. The third-order valence-electron chi connectivity index (χ3n) is 4.99. The van der Waals surface area contributed by atoms with Crippen LogP contribution in [-0.4, -0.2) is 51.5 Å². The fourth-order valence-corrected chi connectivity index (χ4v) is 3.76. The summed E-state index contributed by atoms with van der Waals surface area (Å²) >= 11 is 0. The molecule has 2 bridgehead atoms. The van der Waals surface area contributed by atoms with Crippen molar-refractivity contribution in [2.45, 2.75) is 50.0 Å². The lowest BCUT2D eigenvalue weighted by atomic mass is 10.1. The number of pyridine rings is 1. The molecule has 3 heterocycles. The van der Waals surface area contributed by atoms with Crippen LogP contribution in [0.5, 0.6) is 0 Å². The van der Waals surface area contributed by atoms with Gasteiger partial charge in [-0.25, -0.2) is 4.39 Å². The quantitative estimate of drug-likeness (QED) is 0.851. The summed E-state index contributed by atoms with van der Waals surface area (Å²) < 4.78 is 14.1. The van der Waals surface area contributed by atoms with Crippen molar-refractivity contribution in [3.63, 3.8) is 0 Å². The SMILES string of the molecule is O=C(N1C2CCC1CN(Cc1cccnc1)C2)C1(F)CC1. The minimum absolute atomic E-state index is 0.196. The Morgan fingerprint density at radius 2 is 2.05 bits per heavy atom. The molecule has 1 aromatic heterocycles. The molecular formula is C16H20FN3O. The number of rotatable bonds is 3. The van der Waals surface area contributed by atoms with Crippen LogP contribution in [0.4, 0.5) is 4.39 Å². The topological polar surface area (TPSA) is 36.4 Å². The van der Waals surface area contributed by atoms with Crippen LogP contribution in [0, 0.1) is 0 Å². The molecule has 1 aliphatic carbocycles. The number of halogens is 1. The second kappa shape index (κ2) is 4.77. The van der Waals surface area contributed by atoms with Crippen molar-refractivity contribution in [3.05, 3.63) is 30.1 Å². The van der Waals surface area contributed by atoms with Crippen LogP contribution in [0.25, 0.3) is 0 Å². The van der Waals surface area contributed by atoms with E-state index in [2.05, 4.69) is 16.0 Å². The fraction of sp³-hybridized carbons (Fsp3) is 0.625. The molecule has 0 N–H and O–H groups in total. The molecule has 4 rings (SSSR count). The van der Waals surface area contributed by atoms with Gasteiger partial charge < -0.3 is 4.90 Å². The van der Waals surface area contributed by atoms with E-state index in [0.717, 1.165) is 32.5 Å². The maximum absolute atomic E-state index is 14.1. The predicted octanol–water partition coefficient (Wildman–Crippen LogP) is 1.76. The molecule has 0 radical (unpaired) electrons. The molecule has 2 unspecified atom stereocenters. The van der Waals surface area contributed by atoms with Gasteiger partial charge in [-0.15, -0.1) is 0 Å². The van der Waals surface area contributed by atoms with Crippen molar-refractivity contribution in [2.24, 2.45) is 0 Å². The van der Waals surface area contributed by atoms with E-state index in [4.69, 9.17) is 0 Å². The van der Waals surface area contributed by atoms with Gasteiger partial charge in [0.15, 0.2) is 5.67 Å². The fourth-order valence-electron chi connectivity index (χ4n) is 3.76. The van der Waals surface area contributed by atoms with Gasteiger partial charge in [0.25, 0.3) is 5.91 Å². The number of hydrogen-bond acceptors (Lipinski definition) is 3. The van der Waals surface area contributed by atoms with E-state index >= 15 is 0 Å². The van der Waals surface area contributed by atoms with E-state index in [9.17, 15) is 9.18 Å². The van der Waals surface area contributed by atoms with E-state index in [1.165, 1.54) is 5.56 Å². The van der Waals surface area contributed by atoms with Crippen LogP contribution >= 0.6 is 0 Å². The van der Waals surface area contributed by atoms with Crippen LogP contribution in [-0.2, 0) is 11.3 Å². The molecule has 0 spiro atoms. The number of amides is 1. The Hall–Kier alpha value is -1.49. The number of nitrogens with zero attached hydrogens (tertiary/aromatic N) is 3. The van der Waals surface area contributed by atoms with Gasteiger partial charge in [0.05, 0.1) is 0 Å². The van der Waals surface area contributed by atoms with E-state index in [0.29, 0.717) is 12.8 Å². The lowest BCUT2D eigenvalue weighted by Gasteiger charge is -2.41. The van der Waals surface area contributed by atoms with Gasteiger partial charge in [-0.1, -0.05) is 6.07 Å². The van der Waals surface area contributed by atoms with Crippen molar-refractivity contribution in [1.82, 2.24) is 14.8 Å². The zero-order valence-corrected chi connectivity index (χ0v) is 12.0. The highest BCUT2D eigenvalue weighted by Crippen LogP contribution is 2.44. The molecule has 112 valence electrons. The van der Waals surface area contributed by atoms with Gasteiger partial charge >= 0.3 is 0 Å². The second-order valence-corrected chi connectivity index (χ2v) is 6.62. The first-order chi connectivity index (χ1) is 10.2. The minimum atomic E-state index is -1.52. The van der Waals surface area contributed by atoms with Crippen LogP contribution in [0.1, 0.15) is 31.2 Å². The lowest BCUT2D eigenvalue weighted by molar-refractivity contribution is -0.144. The molecule has 21 heavy (non-hydrogen) atoms.